The molecule has 1 N–H and O–H groups in total. The summed E-state index contributed by atoms with van der Waals surface area (Å²) in [6.45, 7) is 7.06. The van der Waals surface area contributed by atoms with Gasteiger partial charge < -0.3 is 15.1 Å². The van der Waals surface area contributed by atoms with Gasteiger partial charge >= 0.3 is 0 Å². The number of hydrogen-bond donors (Lipinski definition) is 1. The second kappa shape index (κ2) is 8.76. The molecule has 3 rings (SSSR count). The predicted molar refractivity (Wildman–Crippen MR) is 101 cm³/mol. The van der Waals surface area contributed by atoms with Crippen LogP contribution in [0, 0.1) is 5.82 Å². The van der Waals surface area contributed by atoms with Crippen molar-refractivity contribution in [2.75, 3.05) is 44.6 Å². The molecule has 0 aliphatic carbocycles. The molecule has 0 unspecified atom stereocenters. The van der Waals surface area contributed by atoms with Crippen LogP contribution in [-0.2, 0) is 6.42 Å². The predicted octanol–water partition coefficient (Wildman–Crippen LogP) is 2.65. The van der Waals surface area contributed by atoms with E-state index in [9.17, 15) is 9.18 Å². The minimum Gasteiger partial charge on any atom is -0.383 e. The minimum absolute atomic E-state index is 0.0195. The van der Waals surface area contributed by atoms with E-state index in [2.05, 4.69) is 22.1 Å². The Bertz CT molecular complexity index is 744. The van der Waals surface area contributed by atoms with Crippen molar-refractivity contribution in [1.29, 1.82) is 0 Å². The van der Waals surface area contributed by atoms with Crippen LogP contribution in [0.25, 0.3) is 0 Å². The monoisotopic (exact) mass is 356 g/mol. The quantitative estimate of drug-likeness (QED) is 0.864. The van der Waals surface area contributed by atoms with Crippen LogP contribution in [-0.4, -0.2) is 60.0 Å². The average Bonchev–Trinajstić information content (AvgIpc) is 2.69. The zero-order valence-electron chi connectivity index (χ0n) is 15.1. The number of carbonyl (C=O) groups excluding carboxylic acids is 1. The molecule has 1 amide bonds. The van der Waals surface area contributed by atoms with Gasteiger partial charge in [0, 0.05) is 45.1 Å². The van der Waals surface area contributed by atoms with Crippen molar-refractivity contribution in [2.24, 2.45) is 0 Å². The van der Waals surface area contributed by atoms with Gasteiger partial charge in [-0.2, -0.15) is 0 Å². The number of nitrogens with zero attached hydrogens (tertiary/aromatic N) is 3. The van der Waals surface area contributed by atoms with E-state index in [1.165, 1.54) is 6.07 Å². The number of nitrogens with one attached hydrogen (secondary N) is 1. The highest BCUT2D eigenvalue weighted by molar-refractivity contribution is 5.94. The maximum atomic E-state index is 13.7. The Morgan fingerprint density at radius 2 is 1.96 bits per heavy atom. The SMILES string of the molecule is CCN1CCN(C(=O)c2cncc(NCCc3ccccc3F)c2)CC1. The number of anilines is 1. The summed E-state index contributed by atoms with van der Waals surface area (Å²) in [7, 11) is 0. The van der Waals surface area contributed by atoms with Gasteiger partial charge in [-0.15, -0.1) is 0 Å². The maximum absolute atomic E-state index is 13.7. The molecule has 1 aliphatic heterocycles. The van der Waals surface area contributed by atoms with Crippen LogP contribution in [0.2, 0.25) is 0 Å². The van der Waals surface area contributed by atoms with Crippen molar-refractivity contribution in [3.63, 3.8) is 0 Å². The Balaban J connectivity index is 1.56. The van der Waals surface area contributed by atoms with Crippen molar-refractivity contribution in [3.05, 3.63) is 59.7 Å². The first-order valence-electron chi connectivity index (χ1n) is 9.11. The van der Waals surface area contributed by atoms with E-state index in [0.717, 1.165) is 38.4 Å². The van der Waals surface area contributed by atoms with Gasteiger partial charge in [0.2, 0.25) is 0 Å². The molecule has 5 nitrogen and oxygen atoms in total. The highest BCUT2D eigenvalue weighted by atomic mass is 19.1. The van der Waals surface area contributed by atoms with Gasteiger partial charge in [-0.3, -0.25) is 9.78 Å². The number of aromatic nitrogens is 1. The third-order valence-electron chi connectivity index (χ3n) is 4.77. The molecule has 0 saturated carbocycles. The van der Waals surface area contributed by atoms with Gasteiger partial charge in [0.15, 0.2) is 0 Å². The lowest BCUT2D eigenvalue weighted by Crippen LogP contribution is -2.48. The third kappa shape index (κ3) is 4.58. The van der Waals surface area contributed by atoms with E-state index in [4.69, 9.17) is 0 Å². The van der Waals surface area contributed by atoms with Crippen LogP contribution in [0.3, 0.4) is 0 Å². The summed E-state index contributed by atoms with van der Waals surface area (Å²) in [6.07, 6.45) is 3.87. The van der Waals surface area contributed by atoms with Crippen LogP contribution in [0.4, 0.5) is 10.1 Å². The summed E-state index contributed by atoms with van der Waals surface area (Å²) in [6, 6.07) is 8.59. The fourth-order valence-electron chi connectivity index (χ4n) is 3.15. The number of carbonyl (C=O) groups is 1. The smallest absolute Gasteiger partial charge is 0.255 e. The van der Waals surface area contributed by atoms with E-state index in [1.807, 2.05) is 17.0 Å². The standard InChI is InChI=1S/C20H25FN4O/c1-2-24-9-11-25(12-10-24)20(26)17-13-18(15-22-14-17)23-8-7-16-5-3-4-6-19(16)21/h3-6,13-15,23H,2,7-12H2,1H3. The van der Waals surface area contributed by atoms with Crippen molar-refractivity contribution in [1.82, 2.24) is 14.8 Å². The number of benzene rings is 1. The zero-order valence-corrected chi connectivity index (χ0v) is 15.1. The molecule has 1 fully saturated rings. The van der Waals surface area contributed by atoms with Crippen LogP contribution in [0.1, 0.15) is 22.8 Å². The van der Waals surface area contributed by atoms with Gasteiger partial charge in [0.05, 0.1) is 11.3 Å². The van der Waals surface area contributed by atoms with Crippen molar-refractivity contribution >= 4 is 11.6 Å². The molecule has 26 heavy (non-hydrogen) atoms. The lowest BCUT2D eigenvalue weighted by atomic mass is 10.1. The topological polar surface area (TPSA) is 48.5 Å². The van der Waals surface area contributed by atoms with Crippen LogP contribution in [0.5, 0.6) is 0 Å². The van der Waals surface area contributed by atoms with Gasteiger partial charge in [0.1, 0.15) is 5.82 Å². The van der Waals surface area contributed by atoms with Gasteiger partial charge in [-0.1, -0.05) is 25.1 Å². The molecule has 0 bridgehead atoms. The third-order valence-corrected chi connectivity index (χ3v) is 4.77. The lowest BCUT2D eigenvalue weighted by molar-refractivity contribution is 0.0643. The molecule has 2 heterocycles. The average molecular weight is 356 g/mol. The number of likely N-dealkylation sites (N-methyl/N-ethyl adjacent to an activating group) is 1. The molecule has 6 heteroatoms. The van der Waals surface area contributed by atoms with Gasteiger partial charge in [-0.25, -0.2) is 4.39 Å². The Morgan fingerprint density at radius 1 is 1.19 bits per heavy atom. The summed E-state index contributed by atoms with van der Waals surface area (Å²) in [5.74, 6) is -0.173. The van der Waals surface area contributed by atoms with Gasteiger partial charge in [0.25, 0.3) is 5.91 Å². The largest absolute Gasteiger partial charge is 0.383 e. The number of hydrogen-bond acceptors (Lipinski definition) is 4. The maximum Gasteiger partial charge on any atom is 0.255 e. The van der Waals surface area contributed by atoms with Crippen LogP contribution in [0.15, 0.2) is 42.7 Å². The summed E-state index contributed by atoms with van der Waals surface area (Å²) in [5.41, 5.74) is 2.04. The number of halogens is 1. The Morgan fingerprint density at radius 3 is 2.69 bits per heavy atom. The molecule has 1 saturated heterocycles. The normalized spacial score (nSPS) is 15.1. The fraction of sp³-hybridized carbons (Fsp3) is 0.400. The summed E-state index contributed by atoms with van der Waals surface area (Å²) in [5, 5.41) is 3.23. The first-order chi connectivity index (χ1) is 12.7. The Hall–Kier alpha value is -2.47. The Kier molecular flexibility index (Phi) is 6.17. The molecular weight excluding hydrogens is 331 g/mol. The van der Waals surface area contributed by atoms with Crippen molar-refractivity contribution < 1.29 is 9.18 Å². The second-order valence-corrected chi connectivity index (χ2v) is 6.46. The summed E-state index contributed by atoms with van der Waals surface area (Å²) < 4.78 is 13.7. The van der Waals surface area contributed by atoms with E-state index < -0.39 is 0 Å². The van der Waals surface area contributed by atoms with Gasteiger partial charge in [-0.05, 0) is 30.7 Å². The highest BCUT2D eigenvalue weighted by Crippen LogP contribution is 2.13. The molecule has 1 aliphatic rings. The number of pyridine rings is 1. The molecular formula is C20H25FN4O. The van der Waals surface area contributed by atoms with E-state index in [0.29, 0.717) is 24.1 Å². The number of amides is 1. The first-order valence-corrected chi connectivity index (χ1v) is 9.11. The van der Waals surface area contributed by atoms with E-state index in [1.54, 1.807) is 24.5 Å². The molecule has 0 spiro atoms. The number of piperazine rings is 1. The van der Waals surface area contributed by atoms with Crippen molar-refractivity contribution in [2.45, 2.75) is 13.3 Å². The van der Waals surface area contributed by atoms with Crippen LogP contribution >= 0.6 is 0 Å². The summed E-state index contributed by atoms with van der Waals surface area (Å²) >= 11 is 0. The Labute approximate surface area is 153 Å². The number of rotatable bonds is 6. The molecule has 0 radical (unpaired) electrons. The van der Waals surface area contributed by atoms with Crippen LogP contribution < -0.4 is 5.32 Å². The van der Waals surface area contributed by atoms with Crippen molar-refractivity contribution in [3.8, 4) is 0 Å². The minimum atomic E-state index is -0.192. The fourth-order valence-corrected chi connectivity index (χ4v) is 3.15. The lowest BCUT2D eigenvalue weighted by Gasteiger charge is -2.34. The molecule has 138 valence electrons. The molecule has 0 atom stereocenters. The molecule has 1 aromatic carbocycles. The second-order valence-electron chi connectivity index (χ2n) is 6.46. The molecule has 1 aromatic heterocycles. The zero-order chi connectivity index (χ0) is 18.4. The molecule has 2 aromatic rings. The first kappa shape index (κ1) is 18.3. The summed E-state index contributed by atoms with van der Waals surface area (Å²) in [4.78, 5) is 21.1. The highest BCUT2D eigenvalue weighted by Gasteiger charge is 2.21. The van der Waals surface area contributed by atoms with E-state index >= 15 is 0 Å². The van der Waals surface area contributed by atoms with E-state index in [-0.39, 0.29) is 11.7 Å².